The predicted molar refractivity (Wildman–Crippen MR) is 116 cm³/mol. The summed E-state index contributed by atoms with van der Waals surface area (Å²) >= 11 is 0. The fourth-order valence-electron chi connectivity index (χ4n) is 5.54. The minimum Gasteiger partial charge on any atom is -0.452 e. The van der Waals surface area contributed by atoms with E-state index in [2.05, 4.69) is 12.2 Å². The van der Waals surface area contributed by atoms with Crippen molar-refractivity contribution < 1.29 is 23.9 Å². The molecule has 5 rings (SSSR count). The number of esters is 1. The number of carbonyl (C=O) groups is 4. The highest BCUT2D eigenvalue weighted by molar-refractivity contribution is 6.15. The Morgan fingerprint density at radius 3 is 2.62 bits per heavy atom. The molecule has 1 aromatic rings. The van der Waals surface area contributed by atoms with Crippen molar-refractivity contribution in [2.75, 3.05) is 11.5 Å². The number of para-hydroxylation sites is 1. The summed E-state index contributed by atoms with van der Waals surface area (Å²) in [5.74, 6) is -1.13. The Morgan fingerprint density at radius 1 is 1.12 bits per heavy atom. The number of nitrogens with one attached hydrogen (secondary N) is 1. The molecule has 2 saturated carbocycles. The van der Waals surface area contributed by atoms with E-state index in [0.717, 1.165) is 32.1 Å². The monoisotopic (exact) mass is 439 g/mol. The smallest absolute Gasteiger partial charge is 0.354 e. The van der Waals surface area contributed by atoms with Gasteiger partial charge in [-0.05, 0) is 43.7 Å². The van der Waals surface area contributed by atoms with Crippen LogP contribution >= 0.6 is 0 Å². The van der Waals surface area contributed by atoms with Gasteiger partial charge in [0.15, 0.2) is 6.61 Å². The summed E-state index contributed by atoms with van der Waals surface area (Å²) < 4.78 is 5.51. The van der Waals surface area contributed by atoms with Crippen molar-refractivity contribution in [2.24, 2.45) is 5.92 Å². The molecule has 2 aliphatic carbocycles. The van der Waals surface area contributed by atoms with Crippen molar-refractivity contribution in [1.82, 2.24) is 10.2 Å². The van der Waals surface area contributed by atoms with Crippen molar-refractivity contribution in [3.05, 3.63) is 29.8 Å². The van der Waals surface area contributed by atoms with Gasteiger partial charge in [0.05, 0.1) is 11.3 Å². The average Bonchev–Trinajstić information content (AvgIpc) is 3.56. The van der Waals surface area contributed by atoms with Crippen molar-refractivity contribution in [2.45, 2.75) is 76.0 Å². The van der Waals surface area contributed by atoms with Crippen LogP contribution in [0.4, 0.5) is 5.69 Å². The maximum absolute atomic E-state index is 13.5. The first-order valence-electron chi connectivity index (χ1n) is 11.7. The topological polar surface area (TPSA) is 96.0 Å². The third kappa shape index (κ3) is 3.27. The minimum absolute atomic E-state index is 0.0868. The summed E-state index contributed by atoms with van der Waals surface area (Å²) in [5, 5.41) is 2.99. The molecule has 1 aromatic carbocycles. The lowest BCUT2D eigenvalue weighted by Crippen LogP contribution is -2.69. The summed E-state index contributed by atoms with van der Waals surface area (Å²) in [6.07, 6.45) is 6.12. The highest BCUT2D eigenvalue weighted by Crippen LogP contribution is 2.49. The van der Waals surface area contributed by atoms with Gasteiger partial charge in [-0.25, -0.2) is 4.79 Å². The fourth-order valence-corrected chi connectivity index (χ4v) is 5.54. The largest absolute Gasteiger partial charge is 0.452 e. The van der Waals surface area contributed by atoms with Crippen LogP contribution in [-0.2, 0) is 19.1 Å². The van der Waals surface area contributed by atoms with Crippen molar-refractivity contribution in [3.8, 4) is 0 Å². The molecular weight excluding hydrogens is 410 g/mol. The number of anilines is 1. The van der Waals surface area contributed by atoms with Gasteiger partial charge >= 0.3 is 5.97 Å². The lowest BCUT2D eigenvalue weighted by Gasteiger charge is -2.48. The fraction of sp³-hybridized carbons (Fsp3) is 0.583. The quantitative estimate of drug-likeness (QED) is 0.711. The van der Waals surface area contributed by atoms with Gasteiger partial charge in [-0.2, -0.15) is 0 Å². The van der Waals surface area contributed by atoms with Gasteiger partial charge in [-0.1, -0.05) is 31.9 Å². The minimum atomic E-state index is -1.51. The number of ether oxygens (including phenoxy) is 1. The van der Waals surface area contributed by atoms with Crippen LogP contribution in [0.25, 0.3) is 0 Å². The van der Waals surface area contributed by atoms with E-state index in [1.54, 1.807) is 29.2 Å². The second-order valence-electron chi connectivity index (χ2n) is 9.48. The Morgan fingerprint density at radius 2 is 1.88 bits per heavy atom. The molecule has 0 aromatic heterocycles. The maximum atomic E-state index is 13.5. The van der Waals surface area contributed by atoms with E-state index in [1.165, 1.54) is 11.3 Å². The number of fused-ring (bicyclic) bond motifs is 3. The number of hydrogen-bond donors (Lipinski definition) is 1. The van der Waals surface area contributed by atoms with E-state index in [1.807, 2.05) is 0 Å². The van der Waals surface area contributed by atoms with Gasteiger partial charge in [0.1, 0.15) is 0 Å². The third-order valence-electron chi connectivity index (χ3n) is 7.33. The summed E-state index contributed by atoms with van der Waals surface area (Å²) in [7, 11) is 0. The predicted octanol–water partition coefficient (Wildman–Crippen LogP) is 2.37. The van der Waals surface area contributed by atoms with Crippen molar-refractivity contribution in [3.63, 3.8) is 0 Å². The van der Waals surface area contributed by atoms with Gasteiger partial charge in [-0.3, -0.25) is 19.3 Å². The molecule has 3 atom stereocenters. The molecule has 32 heavy (non-hydrogen) atoms. The Balaban J connectivity index is 1.39. The van der Waals surface area contributed by atoms with Gasteiger partial charge < -0.3 is 15.0 Å². The van der Waals surface area contributed by atoms with Crippen LogP contribution in [0.2, 0.25) is 0 Å². The van der Waals surface area contributed by atoms with Crippen LogP contribution in [0.1, 0.15) is 68.6 Å². The van der Waals surface area contributed by atoms with Crippen LogP contribution in [0.3, 0.4) is 0 Å². The van der Waals surface area contributed by atoms with Crippen molar-refractivity contribution in [1.29, 1.82) is 0 Å². The van der Waals surface area contributed by atoms with E-state index >= 15 is 0 Å². The zero-order valence-electron chi connectivity index (χ0n) is 18.3. The normalized spacial score (nSPS) is 29.4. The summed E-state index contributed by atoms with van der Waals surface area (Å²) in [5.41, 5.74) is -0.654. The van der Waals surface area contributed by atoms with E-state index in [4.69, 9.17) is 4.74 Å². The zero-order chi connectivity index (χ0) is 22.5. The number of nitrogens with zero attached hydrogens (tertiary/aromatic N) is 2. The molecule has 0 bridgehead atoms. The highest BCUT2D eigenvalue weighted by Gasteiger charge is 2.64. The molecule has 3 unspecified atom stereocenters. The summed E-state index contributed by atoms with van der Waals surface area (Å²) in [6, 6.07) is 6.87. The molecule has 3 amide bonds. The molecule has 1 N–H and O–H groups in total. The van der Waals surface area contributed by atoms with E-state index in [9.17, 15) is 19.2 Å². The lowest BCUT2D eigenvalue weighted by atomic mass is 9.86. The summed E-state index contributed by atoms with van der Waals surface area (Å²) in [6.45, 7) is 1.70. The lowest BCUT2D eigenvalue weighted by molar-refractivity contribution is -0.160. The molecule has 0 spiro atoms. The van der Waals surface area contributed by atoms with Gasteiger partial charge in [0, 0.05) is 24.9 Å². The zero-order valence-corrected chi connectivity index (χ0v) is 18.3. The molecule has 8 heteroatoms. The van der Waals surface area contributed by atoms with E-state index in [-0.39, 0.29) is 42.6 Å². The van der Waals surface area contributed by atoms with Gasteiger partial charge in [0.25, 0.3) is 11.8 Å². The van der Waals surface area contributed by atoms with Crippen LogP contribution in [0.5, 0.6) is 0 Å². The first kappa shape index (κ1) is 21.0. The van der Waals surface area contributed by atoms with Crippen LogP contribution in [0.15, 0.2) is 24.3 Å². The third-order valence-corrected chi connectivity index (χ3v) is 7.33. The standard InChI is InChI=1S/C24H29N3O5/c1-15-6-2-4-8-18(15)25-20(28)14-32-23(31)24-13-12-21(29)27(24)19-9-5-3-7-17(19)22(30)26(24)16-10-11-16/h3,5,7,9,15-16,18H,2,4,6,8,10-14H2,1H3,(H,25,28). The molecule has 170 valence electrons. The maximum Gasteiger partial charge on any atom is 0.354 e. The molecule has 2 aliphatic heterocycles. The SMILES string of the molecule is CC1CCCCC1NC(=O)COC(=O)C12CCC(=O)N1c1ccccc1C(=O)N2C1CC1. The number of rotatable bonds is 5. The molecule has 1 saturated heterocycles. The Kier molecular flexibility index (Phi) is 5.18. The number of amides is 3. The van der Waals surface area contributed by atoms with E-state index in [0.29, 0.717) is 17.2 Å². The van der Waals surface area contributed by atoms with Crippen LogP contribution in [-0.4, -0.2) is 52.9 Å². The average molecular weight is 440 g/mol. The van der Waals surface area contributed by atoms with Crippen LogP contribution < -0.4 is 10.2 Å². The molecule has 8 nitrogen and oxygen atoms in total. The van der Waals surface area contributed by atoms with Crippen molar-refractivity contribution >= 4 is 29.4 Å². The van der Waals surface area contributed by atoms with Gasteiger partial charge in [-0.15, -0.1) is 0 Å². The van der Waals surface area contributed by atoms with Gasteiger partial charge in [0.2, 0.25) is 11.6 Å². The molecule has 4 aliphatic rings. The number of carbonyl (C=O) groups excluding carboxylic acids is 4. The second kappa shape index (κ2) is 7.90. The molecule has 2 heterocycles. The van der Waals surface area contributed by atoms with Crippen LogP contribution in [0, 0.1) is 5.92 Å². The molecule has 0 radical (unpaired) electrons. The first-order valence-corrected chi connectivity index (χ1v) is 11.7. The highest BCUT2D eigenvalue weighted by atomic mass is 16.5. The van der Waals surface area contributed by atoms with E-state index < -0.39 is 18.2 Å². The Bertz CT molecular complexity index is 974. The number of benzene rings is 1. The Labute approximate surface area is 187 Å². The molecular formula is C24H29N3O5. The second-order valence-corrected chi connectivity index (χ2v) is 9.48. The number of hydrogen-bond acceptors (Lipinski definition) is 5. The Hall–Kier alpha value is -2.90. The molecule has 3 fully saturated rings. The summed E-state index contributed by atoms with van der Waals surface area (Å²) in [4.78, 5) is 55.3. The first-order chi connectivity index (χ1) is 15.4.